The molecule has 3 heteroatoms. The molecule has 2 aromatic rings. The Kier molecular flexibility index (Phi) is 1.92. The second-order valence-electron chi connectivity index (χ2n) is 2.56. The SMILES string of the molecule is O=C(c1ccccc1)n1c[c]cn1. The van der Waals surface area contributed by atoms with Gasteiger partial charge in [0.15, 0.2) is 0 Å². The van der Waals surface area contributed by atoms with E-state index in [4.69, 9.17) is 0 Å². The summed E-state index contributed by atoms with van der Waals surface area (Å²) in [6.45, 7) is 0. The van der Waals surface area contributed by atoms with Gasteiger partial charge in [0.2, 0.25) is 0 Å². The number of rotatable bonds is 1. The molecule has 63 valence electrons. The van der Waals surface area contributed by atoms with Crippen molar-refractivity contribution in [2.45, 2.75) is 0 Å². The maximum Gasteiger partial charge on any atom is 0.278 e. The first-order valence-electron chi connectivity index (χ1n) is 3.88. The van der Waals surface area contributed by atoms with E-state index in [-0.39, 0.29) is 5.91 Å². The van der Waals surface area contributed by atoms with Crippen molar-refractivity contribution >= 4 is 5.91 Å². The van der Waals surface area contributed by atoms with E-state index < -0.39 is 0 Å². The quantitative estimate of drug-likeness (QED) is 0.649. The first-order chi connectivity index (χ1) is 6.38. The normalized spacial score (nSPS) is 9.85. The van der Waals surface area contributed by atoms with Gasteiger partial charge in [0.05, 0.1) is 6.20 Å². The van der Waals surface area contributed by atoms with Crippen molar-refractivity contribution < 1.29 is 4.79 Å². The first kappa shape index (κ1) is 7.73. The summed E-state index contributed by atoms with van der Waals surface area (Å²) < 4.78 is 1.26. The maximum absolute atomic E-state index is 11.6. The average Bonchev–Trinajstić information content (AvgIpc) is 2.71. The van der Waals surface area contributed by atoms with Gasteiger partial charge in [-0.15, -0.1) is 0 Å². The van der Waals surface area contributed by atoms with E-state index in [1.165, 1.54) is 17.1 Å². The number of benzene rings is 1. The monoisotopic (exact) mass is 171 g/mol. The zero-order chi connectivity index (χ0) is 9.10. The van der Waals surface area contributed by atoms with Gasteiger partial charge in [-0.2, -0.15) is 5.10 Å². The summed E-state index contributed by atoms with van der Waals surface area (Å²) in [4.78, 5) is 11.6. The zero-order valence-corrected chi connectivity index (χ0v) is 6.84. The minimum Gasteiger partial charge on any atom is -0.267 e. The Hall–Kier alpha value is -1.90. The molecule has 0 aliphatic rings. The zero-order valence-electron chi connectivity index (χ0n) is 6.84. The van der Waals surface area contributed by atoms with Gasteiger partial charge in [-0.25, -0.2) is 4.68 Å². The molecule has 1 aromatic heterocycles. The molecule has 0 aliphatic heterocycles. The molecular formula is C10H7N2O. The van der Waals surface area contributed by atoms with Crippen molar-refractivity contribution in [3.63, 3.8) is 0 Å². The highest BCUT2D eigenvalue weighted by molar-refractivity contribution is 5.95. The van der Waals surface area contributed by atoms with Gasteiger partial charge in [-0.1, -0.05) is 18.2 Å². The van der Waals surface area contributed by atoms with Crippen molar-refractivity contribution in [1.29, 1.82) is 0 Å². The highest BCUT2D eigenvalue weighted by Gasteiger charge is 2.05. The summed E-state index contributed by atoms with van der Waals surface area (Å²) in [5, 5.41) is 3.80. The van der Waals surface area contributed by atoms with Crippen LogP contribution in [-0.2, 0) is 0 Å². The molecule has 0 saturated heterocycles. The van der Waals surface area contributed by atoms with Gasteiger partial charge in [0.25, 0.3) is 5.91 Å². The summed E-state index contributed by atoms with van der Waals surface area (Å²) in [5.74, 6) is -0.137. The van der Waals surface area contributed by atoms with Crippen LogP contribution in [-0.4, -0.2) is 15.7 Å². The van der Waals surface area contributed by atoms with Crippen LogP contribution in [0.2, 0.25) is 0 Å². The van der Waals surface area contributed by atoms with Crippen LogP contribution < -0.4 is 0 Å². The second kappa shape index (κ2) is 3.23. The van der Waals surface area contributed by atoms with E-state index in [2.05, 4.69) is 11.2 Å². The third-order valence-electron chi connectivity index (χ3n) is 1.68. The lowest BCUT2D eigenvalue weighted by Crippen LogP contribution is -2.11. The Morgan fingerprint density at radius 2 is 2.08 bits per heavy atom. The van der Waals surface area contributed by atoms with E-state index in [9.17, 15) is 4.79 Å². The number of nitrogens with zero attached hydrogens (tertiary/aromatic N) is 2. The van der Waals surface area contributed by atoms with Crippen molar-refractivity contribution in [2.75, 3.05) is 0 Å². The van der Waals surface area contributed by atoms with Crippen LogP contribution in [0.25, 0.3) is 0 Å². The number of carbonyl (C=O) groups is 1. The minimum atomic E-state index is -0.137. The van der Waals surface area contributed by atoms with Gasteiger partial charge in [-0.05, 0) is 12.1 Å². The van der Waals surface area contributed by atoms with Crippen LogP contribution in [0.5, 0.6) is 0 Å². The largest absolute Gasteiger partial charge is 0.278 e. The lowest BCUT2D eigenvalue weighted by molar-refractivity contribution is 0.0945. The van der Waals surface area contributed by atoms with Gasteiger partial charge < -0.3 is 0 Å². The maximum atomic E-state index is 11.6. The van der Waals surface area contributed by atoms with Crippen LogP contribution in [0.1, 0.15) is 10.4 Å². The van der Waals surface area contributed by atoms with Gasteiger partial charge >= 0.3 is 0 Å². The van der Waals surface area contributed by atoms with Crippen LogP contribution in [0.15, 0.2) is 42.7 Å². The van der Waals surface area contributed by atoms with Crippen LogP contribution in [0, 0.1) is 6.07 Å². The van der Waals surface area contributed by atoms with E-state index in [0.29, 0.717) is 5.56 Å². The molecule has 0 spiro atoms. The van der Waals surface area contributed by atoms with Crippen LogP contribution in [0.3, 0.4) is 0 Å². The molecule has 0 fully saturated rings. The van der Waals surface area contributed by atoms with Crippen molar-refractivity contribution in [2.24, 2.45) is 0 Å². The highest BCUT2D eigenvalue weighted by Crippen LogP contribution is 2.00. The number of hydrogen-bond acceptors (Lipinski definition) is 2. The predicted octanol–water partition coefficient (Wildman–Crippen LogP) is 1.37. The van der Waals surface area contributed by atoms with E-state index in [1.54, 1.807) is 12.1 Å². The van der Waals surface area contributed by atoms with Crippen molar-refractivity contribution in [3.05, 3.63) is 54.4 Å². The second-order valence-corrected chi connectivity index (χ2v) is 2.56. The third-order valence-corrected chi connectivity index (χ3v) is 1.68. The highest BCUT2D eigenvalue weighted by atomic mass is 16.2. The van der Waals surface area contributed by atoms with Crippen LogP contribution in [0.4, 0.5) is 0 Å². The minimum absolute atomic E-state index is 0.137. The van der Waals surface area contributed by atoms with Crippen molar-refractivity contribution in [3.8, 4) is 0 Å². The number of carbonyl (C=O) groups excluding carboxylic acids is 1. The third kappa shape index (κ3) is 1.49. The molecule has 0 saturated carbocycles. The molecule has 1 radical (unpaired) electrons. The summed E-state index contributed by atoms with van der Waals surface area (Å²) in [6, 6.07) is 11.7. The smallest absolute Gasteiger partial charge is 0.267 e. The van der Waals surface area contributed by atoms with Crippen LogP contribution >= 0.6 is 0 Å². The van der Waals surface area contributed by atoms with Gasteiger partial charge in [0, 0.05) is 17.8 Å². The molecule has 0 unspecified atom stereocenters. The summed E-state index contributed by atoms with van der Waals surface area (Å²) in [5.41, 5.74) is 0.625. The molecule has 13 heavy (non-hydrogen) atoms. The first-order valence-corrected chi connectivity index (χ1v) is 3.88. The molecule has 1 aromatic carbocycles. The topological polar surface area (TPSA) is 34.9 Å². The lowest BCUT2D eigenvalue weighted by atomic mass is 10.2. The summed E-state index contributed by atoms with van der Waals surface area (Å²) in [6.07, 6.45) is 2.97. The molecule has 1 heterocycles. The standard InChI is InChI=1S/C10H7N2O/c13-10(12-8-4-7-11-12)9-5-2-1-3-6-9/h1-3,5-8H. The molecule has 0 atom stereocenters. The average molecular weight is 171 g/mol. The summed E-state index contributed by atoms with van der Waals surface area (Å²) >= 11 is 0. The van der Waals surface area contributed by atoms with E-state index >= 15 is 0 Å². The predicted molar refractivity (Wildman–Crippen MR) is 47.2 cm³/mol. The number of hydrogen-bond donors (Lipinski definition) is 0. The molecule has 3 nitrogen and oxygen atoms in total. The fraction of sp³-hybridized carbons (Fsp3) is 0. The Morgan fingerprint density at radius 3 is 2.69 bits per heavy atom. The Morgan fingerprint density at radius 1 is 1.31 bits per heavy atom. The van der Waals surface area contributed by atoms with E-state index in [0.717, 1.165) is 0 Å². The summed E-state index contributed by atoms with van der Waals surface area (Å²) in [7, 11) is 0. The Labute approximate surface area is 75.6 Å². The number of aromatic nitrogens is 2. The van der Waals surface area contributed by atoms with E-state index in [1.807, 2.05) is 18.2 Å². The molecule has 0 amide bonds. The molecule has 0 bridgehead atoms. The van der Waals surface area contributed by atoms with Gasteiger partial charge in [0.1, 0.15) is 0 Å². The fourth-order valence-corrected chi connectivity index (χ4v) is 1.06. The Bertz CT molecular complexity index is 392. The fourth-order valence-electron chi connectivity index (χ4n) is 1.06. The molecule has 0 aliphatic carbocycles. The molecule has 2 rings (SSSR count). The Balaban J connectivity index is 2.34. The van der Waals surface area contributed by atoms with Gasteiger partial charge in [-0.3, -0.25) is 4.79 Å². The molecule has 0 N–H and O–H groups in total. The molecular weight excluding hydrogens is 164 g/mol. The van der Waals surface area contributed by atoms with Crippen molar-refractivity contribution in [1.82, 2.24) is 9.78 Å². The lowest BCUT2D eigenvalue weighted by Gasteiger charge is -1.98.